The molecule has 112 valence electrons. The molecule has 0 saturated carbocycles. The van der Waals surface area contributed by atoms with E-state index < -0.39 is 0 Å². The predicted octanol–water partition coefficient (Wildman–Crippen LogP) is 3.50. The zero-order valence-electron chi connectivity index (χ0n) is 12.7. The molecule has 1 atom stereocenters. The second-order valence-electron chi connectivity index (χ2n) is 5.95. The molecule has 2 aromatic rings. The Morgan fingerprint density at radius 1 is 1.29 bits per heavy atom. The molecule has 0 amide bonds. The average Bonchev–Trinajstić information content (AvgIpc) is 2.66. The number of likely N-dealkylation sites (N-methyl/N-ethyl adjacent to an activating group) is 1. The van der Waals surface area contributed by atoms with Crippen LogP contribution < -0.4 is 4.90 Å². The third-order valence-electron chi connectivity index (χ3n) is 4.23. The number of aromatic nitrogens is 1. The van der Waals surface area contributed by atoms with Crippen LogP contribution in [0.1, 0.15) is 19.0 Å². The molecule has 1 saturated heterocycles. The van der Waals surface area contributed by atoms with Gasteiger partial charge in [0, 0.05) is 24.5 Å². The van der Waals surface area contributed by atoms with E-state index >= 15 is 0 Å². The molecular formula is C17H22ClN3. The van der Waals surface area contributed by atoms with Crippen LogP contribution in [0, 0.1) is 0 Å². The van der Waals surface area contributed by atoms with Crippen molar-refractivity contribution in [1.29, 1.82) is 0 Å². The van der Waals surface area contributed by atoms with Gasteiger partial charge in [-0.2, -0.15) is 0 Å². The van der Waals surface area contributed by atoms with Gasteiger partial charge in [0.1, 0.15) is 5.82 Å². The van der Waals surface area contributed by atoms with Gasteiger partial charge in [0.05, 0.1) is 11.6 Å². The number of fused-ring (bicyclic) bond motifs is 1. The SMILES string of the molecule is CC1CN(C)CCCN1c1nc(CCl)cc2ccccc12. The minimum atomic E-state index is 0.457. The molecule has 0 spiro atoms. The monoisotopic (exact) mass is 303 g/mol. The fraction of sp³-hybridized carbons (Fsp3) is 0.471. The number of halogens is 1. The summed E-state index contributed by atoms with van der Waals surface area (Å²) in [6.07, 6.45) is 1.17. The van der Waals surface area contributed by atoms with Crippen LogP contribution in [0.25, 0.3) is 10.8 Å². The van der Waals surface area contributed by atoms with Crippen LogP contribution in [-0.4, -0.2) is 42.6 Å². The molecule has 1 aliphatic heterocycles. The highest BCUT2D eigenvalue weighted by molar-refractivity contribution is 6.17. The molecule has 21 heavy (non-hydrogen) atoms. The topological polar surface area (TPSA) is 19.4 Å². The van der Waals surface area contributed by atoms with E-state index in [2.05, 4.69) is 54.1 Å². The summed E-state index contributed by atoms with van der Waals surface area (Å²) in [5.41, 5.74) is 0.954. The largest absolute Gasteiger partial charge is 0.352 e. The Morgan fingerprint density at radius 3 is 2.90 bits per heavy atom. The molecule has 3 rings (SSSR count). The molecule has 0 N–H and O–H groups in total. The standard InChI is InChI=1S/C17H22ClN3/c1-13-12-20(2)8-5-9-21(13)17-16-7-4-3-6-14(16)10-15(11-18)19-17/h3-4,6-7,10,13H,5,8-9,11-12H2,1-2H3. The predicted molar refractivity (Wildman–Crippen MR) is 90.2 cm³/mol. The highest BCUT2D eigenvalue weighted by Gasteiger charge is 2.22. The van der Waals surface area contributed by atoms with E-state index in [1.807, 2.05) is 0 Å². The Morgan fingerprint density at radius 2 is 2.10 bits per heavy atom. The van der Waals surface area contributed by atoms with Gasteiger partial charge in [-0.25, -0.2) is 4.98 Å². The van der Waals surface area contributed by atoms with E-state index in [-0.39, 0.29) is 0 Å². The third-order valence-corrected chi connectivity index (χ3v) is 4.50. The molecule has 1 aromatic carbocycles. The molecule has 0 radical (unpaired) electrons. The van der Waals surface area contributed by atoms with Crippen LogP contribution in [0.5, 0.6) is 0 Å². The van der Waals surface area contributed by atoms with Gasteiger partial charge < -0.3 is 9.80 Å². The summed E-state index contributed by atoms with van der Waals surface area (Å²) in [5, 5.41) is 2.45. The molecular weight excluding hydrogens is 282 g/mol. The maximum Gasteiger partial charge on any atom is 0.137 e. The number of anilines is 1. The van der Waals surface area contributed by atoms with Gasteiger partial charge in [-0.1, -0.05) is 24.3 Å². The average molecular weight is 304 g/mol. The lowest BCUT2D eigenvalue weighted by atomic mass is 10.1. The van der Waals surface area contributed by atoms with Crippen molar-refractivity contribution in [3.63, 3.8) is 0 Å². The molecule has 3 nitrogen and oxygen atoms in total. The quantitative estimate of drug-likeness (QED) is 0.792. The van der Waals surface area contributed by atoms with Gasteiger partial charge in [0.2, 0.25) is 0 Å². The Balaban J connectivity index is 2.09. The summed E-state index contributed by atoms with van der Waals surface area (Å²) < 4.78 is 0. The van der Waals surface area contributed by atoms with Gasteiger partial charge in [0.25, 0.3) is 0 Å². The molecule has 2 heterocycles. The molecule has 1 aromatic heterocycles. The van der Waals surface area contributed by atoms with Gasteiger partial charge in [-0.3, -0.25) is 0 Å². The summed E-state index contributed by atoms with van der Waals surface area (Å²) in [4.78, 5) is 9.68. The fourth-order valence-electron chi connectivity index (χ4n) is 3.21. The van der Waals surface area contributed by atoms with E-state index in [0.29, 0.717) is 11.9 Å². The molecule has 4 heteroatoms. The van der Waals surface area contributed by atoms with Gasteiger partial charge in [0.15, 0.2) is 0 Å². The normalized spacial score (nSPS) is 20.7. The molecule has 1 fully saturated rings. The van der Waals surface area contributed by atoms with Crippen molar-refractivity contribution in [3.8, 4) is 0 Å². The first kappa shape index (κ1) is 14.6. The van der Waals surface area contributed by atoms with Gasteiger partial charge in [-0.05, 0) is 38.4 Å². The van der Waals surface area contributed by atoms with Crippen LogP contribution in [0.3, 0.4) is 0 Å². The zero-order chi connectivity index (χ0) is 14.8. The Hall–Kier alpha value is -1.32. The van der Waals surface area contributed by atoms with E-state index in [1.54, 1.807) is 0 Å². The highest BCUT2D eigenvalue weighted by Crippen LogP contribution is 2.28. The van der Waals surface area contributed by atoms with Gasteiger partial charge >= 0.3 is 0 Å². The second-order valence-corrected chi connectivity index (χ2v) is 6.22. The number of alkyl halides is 1. The van der Waals surface area contributed by atoms with Crippen molar-refractivity contribution in [2.75, 3.05) is 31.6 Å². The lowest BCUT2D eigenvalue weighted by Gasteiger charge is -2.30. The summed E-state index contributed by atoms with van der Waals surface area (Å²) in [6, 6.07) is 11.0. The molecule has 0 bridgehead atoms. The summed E-state index contributed by atoms with van der Waals surface area (Å²) in [5.74, 6) is 1.55. The Labute approximate surface area is 131 Å². The minimum Gasteiger partial charge on any atom is -0.352 e. The highest BCUT2D eigenvalue weighted by atomic mass is 35.5. The van der Waals surface area contributed by atoms with Crippen molar-refractivity contribution in [2.24, 2.45) is 0 Å². The number of rotatable bonds is 2. The maximum absolute atomic E-state index is 6.04. The van der Waals surface area contributed by atoms with Crippen LogP contribution in [0.15, 0.2) is 30.3 Å². The minimum absolute atomic E-state index is 0.457. The van der Waals surface area contributed by atoms with E-state index in [1.165, 1.54) is 17.2 Å². The number of pyridine rings is 1. The lowest BCUT2D eigenvalue weighted by Crippen LogP contribution is -2.38. The number of benzene rings is 1. The number of nitrogens with zero attached hydrogens (tertiary/aromatic N) is 3. The zero-order valence-corrected chi connectivity index (χ0v) is 13.5. The Bertz CT molecular complexity index is 628. The fourth-order valence-corrected chi connectivity index (χ4v) is 3.35. The van der Waals surface area contributed by atoms with Crippen molar-refractivity contribution in [2.45, 2.75) is 25.3 Å². The number of hydrogen-bond acceptors (Lipinski definition) is 3. The Kier molecular flexibility index (Phi) is 4.32. The lowest BCUT2D eigenvalue weighted by molar-refractivity contribution is 0.337. The van der Waals surface area contributed by atoms with Crippen molar-refractivity contribution in [1.82, 2.24) is 9.88 Å². The van der Waals surface area contributed by atoms with Crippen molar-refractivity contribution in [3.05, 3.63) is 36.0 Å². The molecule has 1 unspecified atom stereocenters. The van der Waals surface area contributed by atoms with E-state index in [0.717, 1.165) is 31.1 Å². The first-order valence-electron chi connectivity index (χ1n) is 7.59. The molecule has 1 aliphatic rings. The first-order chi connectivity index (χ1) is 10.2. The smallest absolute Gasteiger partial charge is 0.137 e. The van der Waals surface area contributed by atoms with Gasteiger partial charge in [-0.15, -0.1) is 11.6 Å². The maximum atomic E-state index is 6.04. The van der Waals surface area contributed by atoms with E-state index in [9.17, 15) is 0 Å². The second kappa shape index (κ2) is 6.20. The summed E-state index contributed by atoms with van der Waals surface area (Å²) in [6.45, 7) is 5.55. The van der Waals surface area contributed by atoms with Crippen molar-refractivity contribution < 1.29 is 0 Å². The van der Waals surface area contributed by atoms with Crippen LogP contribution in [-0.2, 0) is 5.88 Å². The number of hydrogen-bond donors (Lipinski definition) is 0. The van der Waals surface area contributed by atoms with Crippen molar-refractivity contribution >= 4 is 28.2 Å². The van der Waals surface area contributed by atoms with E-state index in [4.69, 9.17) is 16.6 Å². The summed E-state index contributed by atoms with van der Waals surface area (Å²) >= 11 is 6.04. The molecule has 0 aliphatic carbocycles. The van der Waals surface area contributed by atoms with Crippen LogP contribution in [0.4, 0.5) is 5.82 Å². The van der Waals surface area contributed by atoms with Crippen LogP contribution >= 0.6 is 11.6 Å². The first-order valence-corrected chi connectivity index (χ1v) is 8.12. The van der Waals surface area contributed by atoms with Crippen LogP contribution in [0.2, 0.25) is 0 Å². The third kappa shape index (κ3) is 2.99. The summed E-state index contributed by atoms with van der Waals surface area (Å²) in [7, 11) is 2.20.